The number of nitro groups is 1. The number of halogens is 1. The Balaban J connectivity index is 3.10. The average molecular weight is 213 g/mol. The van der Waals surface area contributed by atoms with Crippen molar-refractivity contribution in [3.05, 3.63) is 39.7 Å². The predicted octanol–water partition coefficient (Wildman–Crippen LogP) is 2.05. The maximum atomic E-state index is 13.5. The Kier molecular flexibility index (Phi) is 3.04. The number of hydrogen-bond donors (Lipinski definition) is 1. The first kappa shape index (κ1) is 11.6. The highest BCUT2D eigenvalue weighted by molar-refractivity contribution is 5.37. The zero-order valence-corrected chi connectivity index (χ0v) is 8.53. The van der Waals surface area contributed by atoms with Crippen molar-refractivity contribution in [1.82, 2.24) is 0 Å². The van der Waals surface area contributed by atoms with Crippen molar-refractivity contribution < 1.29 is 14.4 Å². The van der Waals surface area contributed by atoms with E-state index in [0.717, 1.165) is 6.07 Å². The van der Waals surface area contributed by atoms with E-state index in [-0.39, 0.29) is 12.0 Å². The van der Waals surface area contributed by atoms with E-state index in [1.54, 1.807) is 0 Å². The van der Waals surface area contributed by atoms with Gasteiger partial charge in [0.15, 0.2) is 0 Å². The second-order valence-corrected chi connectivity index (χ2v) is 4.00. The van der Waals surface area contributed by atoms with Gasteiger partial charge in [-0.25, -0.2) is 0 Å². The number of nitro benzene ring substituents is 1. The van der Waals surface area contributed by atoms with Crippen LogP contribution in [0.4, 0.5) is 10.1 Å². The minimum Gasteiger partial charge on any atom is -0.390 e. The van der Waals surface area contributed by atoms with Gasteiger partial charge in [-0.1, -0.05) is 12.1 Å². The van der Waals surface area contributed by atoms with Gasteiger partial charge in [0.05, 0.1) is 10.5 Å². The van der Waals surface area contributed by atoms with E-state index in [0.29, 0.717) is 0 Å². The fraction of sp³-hybridized carbons (Fsp3) is 0.400. The van der Waals surface area contributed by atoms with Gasteiger partial charge in [-0.2, -0.15) is 4.39 Å². The summed E-state index contributed by atoms with van der Waals surface area (Å²) in [6, 6.07) is 3.94. The van der Waals surface area contributed by atoms with Crippen LogP contribution in [0.15, 0.2) is 18.2 Å². The summed E-state index contributed by atoms with van der Waals surface area (Å²) in [6.45, 7) is 3.04. The highest BCUT2D eigenvalue weighted by atomic mass is 19.1. The maximum Gasteiger partial charge on any atom is 0.305 e. The zero-order valence-electron chi connectivity index (χ0n) is 8.53. The van der Waals surface area contributed by atoms with Gasteiger partial charge >= 0.3 is 5.69 Å². The van der Waals surface area contributed by atoms with Crippen LogP contribution in [0.25, 0.3) is 0 Å². The van der Waals surface area contributed by atoms with E-state index in [4.69, 9.17) is 0 Å². The summed E-state index contributed by atoms with van der Waals surface area (Å²) >= 11 is 0. The summed E-state index contributed by atoms with van der Waals surface area (Å²) in [4.78, 5) is 9.67. The molecule has 0 saturated carbocycles. The van der Waals surface area contributed by atoms with Crippen molar-refractivity contribution in [2.45, 2.75) is 25.9 Å². The monoisotopic (exact) mass is 213 g/mol. The molecule has 0 aliphatic heterocycles. The molecule has 1 aromatic carbocycles. The van der Waals surface area contributed by atoms with Crippen LogP contribution in [-0.4, -0.2) is 15.6 Å². The van der Waals surface area contributed by atoms with Gasteiger partial charge in [-0.05, 0) is 19.4 Å². The molecule has 5 heteroatoms. The Morgan fingerprint density at radius 2 is 2.13 bits per heavy atom. The fourth-order valence-electron chi connectivity index (χ4n) is 1.31. The molecule has 1 rings (SSSR count). The lowest BCUT2D eigenvalue weighted by molar-refractivity contribution is -0.387. The molecule has 0 aliphatic carbocycles. The Bertz CT molecular complexity index is 385. The van der Waals surface area contributed by atoms with Crippen LogP contribution in [0.5, 0.6) is 0 Å². The average Bonchev–Trinajstić information content (AvgIpc) is 2.05. The predicted molar refractivity (Wildman–Crippen MR) is 53.1 cm³/mol. The van der Waals surface area contributed by atoms with E-state index >= 15 is 0 Å². The van der Waals surface area contributed by atoms with Crippen LogP contribution in [0.1, 0.15) is 19.4 Å². The summed E-state index contributed by atoms with van der Waals surface area (Å²) in [7, 11) is 0. The van der Waals surface area contributed by atoms with Crippen LogP contribution in [-0.2, 0) is 6.42 Å². The van der Waals surface area contributed by atoms with Gasteiger partial charge in [-0.3, -0.25) is 10.1 Å². The van der Waals surface area contributed by atoms with Crippen molar-refractivity contribution >= 4 is 5.69 Å². The first-order chi connectivity index (χ1) is 6.81. The maximum absolute atomic E-state index is 13.5. The lowest BCUT2D eigenvalue weighted by Crippen LogP contribution is -2.22. The van der Waals surface area contributed by atoms with Crippen LogP contribution in [0, 0.1) is 15.9 Å². The molecule has 82 valence electrons. The first-order valence-electron chi connectivity index (χ1n) is 4.45. The van der Waals surface area contributed by atoms with Crippen molar-refractivity contribution in [3.63, 3.8) is 0 Å². The Labute approximate surface area is 86.5 Å². The van der Waals surface area contributed by atoms with Crippen LogP contribution in [0.2, 0.25) is 0 Å². The second kappa shape index (κ2) is 3.94. The van der Waals surface area contributed by atoms with E-state index < -0.39 is 22.0 Å². The molecule has 0 aliphatic rings. The van der Waals surface area contributed by atoms with Crippen LogP contribution >= 0.6 is 0 Å². The van der Waals surface area contributed by atoms with Gasteiger partial charge in [0, 0.05) is 12.5 Å². The SMILES string of the molecule is CC(C)(O)Cc1cccc([N+](=O)[O-])c1F. The van der Waals surface area contributed by atoms with Crippen molar-refractivity contribution in [1.29, 1.82) is 0 Å². The number of benzene rings is 1. The lowest BCUT2D eigenvalue weighted by Gasteiger charge is -2.17. The molecule has 0 spiro atoms. The smallest absolute Gasteiger partial charge is 0.305 e. The minimum atomic E-state index is -1.09. The quantitative estimate of drug-likeness (QED) is 0.617. The van der Waals surface area contributed by atoms with Crippen molar-refractivity contribution in [2.24, 2.45) is 0 Å². The normalized spacial score (nSPS) is 11.5. The fourth-order valence-corrected chi connectivity index (χ4v) is 1.31. The molecular weight excluding hydrogens is 201 g/mol. The molecular formula is C10H12FNO3. The molecule has 0 bridgehead atoms. The molecule has 0 radical (unpaired) electrons. The molecule has 0 atom stereocenters. The lowest BCUT2D eigenvalue weighted by atomic mass is 9.98. The van der Waals surface area contributed by atoms with Crippen molar-refractivity contribution in [2.75, 3.05) is 0 Å². The third-order valence-corrected chi connectivity index (χ3v) is 1.88. The van der Waals surface area contributed by atoms with E-state index in [1.165, 1.54) is 26.0 Å². The highest BCUT2D eigenvalue weighted by Gasteiger charge is 2.21. The Morgan fingerprint density at radius 3 is 2.60 bits per heavy atom. The number of rotatable bonds is 3. The number of aliphatic hydroxyl groups is 1. The summed E-state index contributed by atoms with van der Waals surface area (Å²) in [5, 5.41) is 19.9. The molecule has 0 unspecified atom stereocenters. The topological polar surface area (TPSA) is 63.4 Å². The summed E-state index contributed by atoms with van der Waals surface area (Å²) in [5.41, 5.74) is -1.50. The molecule has 0 amide bonds. The molecule has 4 nitrogen and oxygen atoms in total. The Hall–Kier alpha value is -1.49. The summed E-state index contributed by atoms with van der Waals surface area (Å²) < 4.78 is 13.5. The van der Waals surface area contributed by atoms with Crippen LogP contribution in [0.3, 0.4) is 0 Å². The van der Waals surface area contributed by atoms with E-state index in [1.807, 2.05) is 0 Å². The standard InChI is InChI=1S/C10H12FNO3/c1-10(2,13)6-7-4-3-5-8(9(7)11)12(14)15/h3-5,13H,6H2,1-2H3. The van der Waals surface area contributed by atoms with Crippen molar-refractivity contribution in [3.8, 4) is 0 Å². The van der Waals surface area contributed by atoms with Gasteiger partial charge in [0.25, 0.3) is 0 Å². The molecule has 15 heavy (non-hydrogen) atoms. The van der Waals surface area contributed by atoms with Gasteiger partial charge in [0.2, 0.25) is 5.82 Å². The molecule has 0 saturated heterocycles. The summed E-state index contributed by atoms with van der Waals surface area (Å²) in [5.74, 6) is -0.871. The Morgan fingerprint density at radius 1 is 1.53 bits per heavy atom. The van der Waals surface area contributed by atoms with Gasteiger partial charge < -0.3 is 5.11 Å². The molecule has 0 aromatic heterocycles. The second-order valence-electron chi connectivity index (χ2n) is 4.00. The van der Waals surface area contributed by atoms with E-state index in [9.17, 15) is 19.6 Å². The molecule has 1 aromatic rings. The summed E-state index contributed by atoms with van der Waals surface area (Å²) in [6.07, 6.45) is 0.0422. The van der Waals surface area contributed by atoms with Gasteiger partial charge in [-0.15, -0.1) is 0 Å². The molecule has 1 N–H and O–H groups in total. The first-order valence-corrected chi connectivity index (χ1v) is 4.45. The third-order valence-electron chi connectivity index (χ3n) is 1.88. The third kappa shape index (κ3) is 2.99. The number of nitrogens with zero attached hydrogens (tertiary/aromatic N) is 1. The minimum absolute atomic E-state index is 0.0422. The molecule has 0 heterocycles. The highest BCUT2D eigenvalue weighted by Crippen LogP contribution is 2.23. The van der Waals surface area contributed by atoms with Gasteiger partial charge in [0.1, 0.15) is 0 Å². The zero-order chi connectivity index (χ0) is 11.6. The number of hydrogen-bond acceptors (Lipinski definition) is 3. The largest absolute Gasteiger partial charge is 0.390 e. The van der Waals surface area contributed by atoms with E-state index in [2.05, 4.69) is 0 Å². The molecule has 0 fully saturated rings. The van der Waals surface area contributed by atoms with Crippen LogP contribution < -0.4 is 0 Å².